The maximum atomic E-state index is 13.9. The number of likely N-dealkylation sites (N-methyl/N-ethyl adjacent to an activating group) is 1. The molecule has 36 heavy (non-hydrogen) atoms. The Balaban J connectivity index is 2.42. The van der Waals surface area contributed by atoms with E-state index < -0.39 is 40.6 Å². The van der Waals surface area contributed by atoms with Crippen LogP contribution in [0, 0.1) is 6.92 Å². The van der Waals surface area contributed by atoms with Crippen LogP contribution >= 0.6 is 0 Å². The maximum absolute atomic E-state index is 13.9. The van der Waals surface area contributed by atoms with E-state index in [1.165, 1.54) is 11.9 Å². The van der Waals surface area contributed by atoms with Crippen molar-refractivity contribution in [1.29, 1.82) is 0 Å². The summed E-state index contributed by atoms with van der Waals surface area (Å²) < 4.78 is 0. The minimum atomic E-state index is -2.05. The number of imide groups is 1. The van der Waals surface area contributed by atoms with E-state index in [1.54, 1.807) is 36.4 Å². The minimum absolute atomic E-state index is 0.0703. The summed E-state index contributed by atoms with van der Waals surface area (Å²) in [6.07, 6.45) is -2.90. The molecule has 2 unspecified atom stereocenters. The van der Waals surface area contributed by atoms with Crippen molar-refractivity contribution in [3.8, 4) is 5.75 Å². The largest absolute Gasteiger partial charge is 0.507 e. The molecule has 0 aromatic heterocycles. The van der Waals surface area contributed by atoms with E-state index >= 15 is 0 Å². The Morgan fingerprint density at radius 1 is 1.00 bits per heavy atom. The summed E-state index contributed by atoms with van der Waals surface area (Å²) in [6, 6.07) is 9.53. The summed E-state index contributed by atoms with van der Waals surface area (Å²) in [7, 11) is 1.30. The number of urea groups is 1. The van der Waals surface area contributed by atoms with E-state index in [0.717, 1.165) is 10.5 Å². The van der Waals surface area contributed by atoms with Crippen LogP contribution in [0.1, 0.15) is 63.8 Å². The van der Waals surface area contributed by atoms with Crippen LogP contribution in [0.25, 0.3) is 0 Å². The van der Waals surface area contributed by atoms with Crippen LogP contribution in [0.15, 0.2) is 36.4 Å². The van der Waals surface area contributed by atoms with Gasteiger partial charge < -0.3 is 21.3 Å². The molecule has 3 rings (SSSR count). The van der Waals surface area contributed by atoms with Crippen molar-refractivity contribution in [2.24, 2.45) is 5.73 Å². The summed E-state index contributed by atoms with van der Waals surface area (Å²) in [4.78, 5) is 41.4. The number of nitrogens with zero attached hydrogens (tertiary/aromatic N) is 2. The number of hydrogen-bond acceptors (Lipinski definition) is 5. The van der Waals surface area contributed by atoms with Crippen molar-refractivity contribution in [2.75, 3.05) is 11.9 Å². The van der Waals surface area contributed by atoms with Crippen LogP contribution in [0.4, 0.5) is 15.3 Å². The van der Waals surface area contributed by atoms with Gasteiger partial charge in [-0.1, -0.05) is 59.2 Å². The molecule has 0 bridgehead atoms. The standard InChI is InChI=1S/C27H36N4O5/c1-15-9-11-17(12-10-15)31-21(28)27(29-23(34)35,22(33)30(8)24(31)36)16-13-18(25(2,3)4)20(32)19(14-16)26(5,6)7/h9-14,21,29,32H,28H2,1-8H3,(H,34,35). The van der Waals surface area contributed by atoms with Gasteiger partial charge in [0.15, 0.2) is 5.54 Å². The van der Waals surface area contributed by atoms with Gasteiger partial charge in [0.1, 0.15) is 11.9 Å². The van der Waals surface area contributed by atoms with Crippen molar-refractivity contribution in [3.63, 3.8) is 0 Å². The minimum Gasteiger partial charge on any atom is -0.507 e. The summed E-state index contributed by atoms with van der Waals surface area (Å²) in [5.74, 6) is -0.739. The first kappa shape index (κ1) is 27.0. The van der Waals surface area contributed by atoms with E-state index in [9.17, 15) is 24.6 Å². The summed E-state index contributed by atoms with van der Waals surface area (Å²) in [5.41, 5.74) is 6.20. The number of phenols is 1. The molecule has 2 atom stereocenters. The van der Waals surface area contributed by atoms with E-state index in [4.69, 9.17) is 5.73 Å². The van der Waals surface area contributed by atoms with Gasteiger partial charge in [0, 0.05) is 12.7 Å². The third-order valence-electron chi connectivity index (χ3n) is 6.65. The highest BCUT2D eigenvalue weighted by molar-refractivity contribution is 6.11. The highest BCUT2D eigenvalue weighted by Gasteiger charge is 2.58. The van der Waals surface area contributed by atoms with Crippen molar-refractivity contribution < 1.29 is 24.6 Å². The molecule has 0 aliphatic carbocycles. The number of anilines is 1. The molecular formula is C27H36N4O5. The molecule has 2 aromatic rings. The van der Waals surface area contributed by atoms with Crippen molar-refractivity contribution in [2.45, 2.75) is 71.0 Å². The van der Waals surface area contributed by atoms with Crippen molar-refractivity contribution >= 4 is 23.7 Å². The van der Waals surface area contributed by atoms with Crippen LogP contribution < -0.4 is 16.0 Å². The lowest BCUT2D eigenvalue weighted by molar-refractivity contribution is -0.137. The maximum Gasteiger partial charge on any atom is 0.405 e. The van der Waals surface area contributed by atoms with Crippen molar-refractivity contribution in [1.82, 2.24) is 10.2 Å². The van der Waals surface area contributed by atoms with Gasteiger partial charge in [-0.2, -0.15) is 0 Å². The Kier molecular flexibility index (Phi) is 6.61. The van der Waals surface area contributed by atoms with Gasteiger partial charge in [-0.05, 0) is 58.7 Å². The van der Waals surface area contributed by atoms with Gasteiger partial charge in [0.2, 0.25) is 0 Å². The second kappa shape index (κ2) is 8.81. The molecule has 1 aliphatic heterocycles. The van der Waals surface area contributed by atoms with Crippen LogP contribution in [-0.4, -0.2) is 46.4 Å². The molecule has 0 saturated carbocycles. The average molecular weight is 497 g/mol. The van der Waals surface area contributed by atoms with Gasteiger partial charge in [0.05, 0.1) is 0 Å². The number of nitrogens with one attached hydrogen (secondary N) is 1. The SMILES string of the molecule is Cc1ccc(N2C(=O)N(C)C(=O)C(NC(=O)O)(c3cc(C(C)(C)C)c(O)c(C(C)(C)C)c3)C2N)cc1. The highest BCUT2D eigenvalue weighted by Crippen LogP contribution is 2.44. The van der Waals surface area contributed by atoms with Gasteiger partial charge in [0.25, 0.3) is 5.91 Å². The van der Waals surface area contributed by atoms with E-state index in [-0.39, 0.29) is 11.3 Å². The Morgan fingerprint density at radius 3 is 1.89 bits per heavy atom. The monoisotopic (exact) mass is 496 g/mol. The quantitative estimate of drug-likeness (QED) is 0.504. The topological polar surface area (TPSA) is 136 Å². The number of benzene rings is 2. The lowest BCUT2D eigenvalue weighted by Crippen LogP contribution is -2.76. The van der Waals surface area contributed by atoms with E-state index in [1.807, 2.05) is 48.5 Å². The number of phenolic OH excluding ortho intramolecular Hbond substituents is 1. The van der Waals surface area contributed by atoms with Crippen molar-refractivity contribution in [3.05, 3.63) is 58.7 Å². The molecular weight excluding hydrogens is 460 g/mol. The second-order valence-electron chi connectivity index (χ2n) is 11.5. The number of carbonyl (C=O) groups excluding carboxylic acids is 2. The number of aromatic hydroxyl groups is 1. The fraction of sp³-hybridized carbons (Fsp3) is 0.444. The first-order valence-electron chi connectivity index (χ1n) is 11.8. The van der Waals surface area contributed by atoms with Crippen LogP contribution in [-0.2, 0) is 21.2 Å². The number of carboxylic acid groups (broad SMARTS) is 1. The molecule has 2 aromatic carbocycles. The number of amides is 4. The zero-order chi connectivity index (χ0) is 27.4. The molecule has 1 heterocycles. The molecule has 9 nitrogen and oxygen atoms in total. The Hall–Kier alpha value is -3.59. The lowest BCUT2D eigenvalue weighted by atomic mass is 9.74. The lowest BCUT2D eigenvalue weighted by Gasteiger charge is -2.49. The molecule has 1 saturated heterocycles. The molecule has 1 fully saturated rings. The zero-order valence-electron chi connectivity index (χ0n) is 22.1. The van der Waals surface area contributed by atoms with Crippen LogP contribution in [0.3, 0.4) is 0 Å². The van der Waals surface area contributed by atoms with Crippen LogP contribution in [0.5, 0.6) is 5.75 Å². The average Bonchev–Trinajstić information content (AvgIpc) is 2.75. The zero-order valence-corrected chi connectivity index (χ0v) is 22.1. The fourth-order valence-electron chi connectivity index (χ4n) is 4.60. The Labute approximate surface area is 211 Å². The number of aryl methyl sites for hydroxylation is 1. The summed E-state index contributed by atoms with van der Waals surface area (Å²) in [6.45, 7) is 13.4. The fourth-order valence-corrected chi connectivity index (χ4v) is 4.60. The number of rotatable bonds is 3. The Bertz CT molecular complexity index is 1180. The van der Waals surface area contributed by atoms with Gasteiger partial charge >= 0.3 is 12.1 Å². The van der Waals surface area contributed by atoms with Gasteiger partial charge in [-0.25, -0.2) is 9.59 Å². The molecule has 0 spiro atoms. The summed E-state index contributed by atoms with van der Waals surface area (Å²) >= 11 is 0. The second-order valence-corrected chi connectivity index (χ2v) is 11.5. The van der Waals surface area contributed by atoms with Gasteiger partial charge in [-0.3, -0.25) is 14.6 Å². The number of carbonyl (C=O) groups is 3. The van der Waals surface area contributed by atoms with Crippen LogP contribution in [0.2, 0.25) is 0 Å². The molecule has 0 radical (unpaired) electrons. The summed E-state index contributed by atoms with van der Waals surface area (Å²) in [5, 5.41) is 23.5. The number of hydrogen-bond donors (Lipinski definition) is 4. The molecule has 9 heteroatoms. The molecule has 194 valence electrons. The first-order valence-corrected chi connectivity index (χ1v) is 11.8. The van der Waals surface area contributed by atoms with Gasteiger partial charge in [-0.15, -0.1) is 0 Å². The third kappa shape index (κ3) is 4.39. The smallest absolute Gasteiger partial charge is 0.405 e. The molecule has 5 N–H and O–H groups in total. The predicted molar refractivity (Wildman–Crippen MR) is 138 cm³/mol. The number of nitrogens with two attached hydrogens (primary N) is 1. The van der Waals surface area contributed by atoms with E-state index in [0.29, 0.717) is 16.8 Å². The highest BCUT2D eigenvalue weighted by atomic mass is 16.4. The third-order valence-corrected chi connectivity index (χ3v) is 6.65. The van der Waals surface area contributed by atoms with E-state index in [2.05, 4.69) is 5.32 Å². The molecule has 1 aliphatic rings. The Morgan fingerprint density at radius 2 is 1.47 bits per heavy atom. The normalized spacial score (nSPS) is 21.1. The molecule has 4 amide bonds. The first-order chi connectivity index (χ1) is 16.4. The predicted octanol–water partition coefficient (Wildman–Crippen LogP) is 4.14.